The molecule has 2 aromatic carbocycles. The summed E-state index contributed by atoms with van der Waals surface area (Å²) < 4.78 is 1.67. The van der Waals surface area contributed by atoms with Crippen molar-refractivity contribution in [2.24, 2.45) is 7.05 Å². The lowest BCUT2D eigenvalue weighted by Crippen LogP contribution is -2.36. The van der Waals surface area contributed by atoms with E-state index in [1.807, 2.05) is 79.8 Å². The van der Waals surface area contributed by atoms with E-state index in [1.54, 1.807) is 29.3 Å². The lowest BCUT2D eigenvalue weighted by molar-refractivity contribution is -0.123. The Labute approximate surface area is 210 Å². The Morgan fingerprint density at radius 3 is 1.86 bits per heavy atom. The van der Waals surface area contributed by atoms with Crippen LogP contribution in [0.4, 0.5) is 0 Å². The molecule has 0 atom stereocenters. The number of pyridine rings is 1. The highest BCUT2D eigenvalue weighted by Gasteiger charge is 2.20. The van der Waals surface area contributed by atoms with Crippen LogP contribution in [0.15, 0.2) is 97.0 Å². The molecule has 7 nitrogen and oxygen atoms in total. The molecule has 0 unspecified atom stereocenters. The fourth-order valence-electron chi connectivity index (χ4n) is 3.86. The zero-order valence-electron chi connectivity index (χ0n) is 20.2. The Bertz CT molecular complexity index is 1260. The topological polar surface area (TPSA) is 88.9 Å². The van der Waals surface area contributed by atoms with Gasteiger partial charge in [0.25, 0.3) is 11.8 Å². The van der Waals surface area contributed by atoms with Crippen LogP contribution in [0, 0.1) is 0 Å². The smallest absolute Gasteiger partial charge is 0.256 e. The molecule has 2 amide bonds. The molecule has 0 fully saturated rings. The first-order valence-electron chi connectivity index (χ1n) is 11.9. The van der Waals surface area contributed by atoms with Gasteiger partial charge in [-0.15, -0.1) is 0 Å². The maximum absolute atomic E-state index is 13.2. The Balaban J connectivity index is 1.53. The van der Waals surface area contributed by atoms with Gasteiger partial charge in [0.2, 0.25) is 0 Å². The number of nitrogens with zero attached hydrogens (tertiary/aromatic N) is 3. The third-order valence-corrected chi connectivity index (χ3v) is 5.68. The van der Waals surface area contributed by atoms with E-state index in [4.69, 9.17) is 0 Å². The lowest BCUT2D eigenvalue weighted by Gasteiger charge is -2.11. The van der Waals surface area contributed by atoms with E-state index in [0.717, 1.165) is 16.7 Å². The van der Waals surface area contributed by atoms with E-state index >= 15 is 0 Å². The highest BCUT2D eigenvalue weighted by molar-refractivity contribution is 6.21. The number of hydrogen-bond acceptors (Lipinski definition) is 4. The molecule has 7 heteroatoms. The molecule has 4 aromatic rings. The number of hydrogen-bond donors (Lipinski definition) is 2. The fraction of sp³-hybridized carbons (Fsp3) is 0.172. The second-order valence-electron chi connectivity index (χ2n) is 8.38. The highest BCUT2D eigenvalue weighted by Crippen LogP contribution is 2.23. The number of carbonyl (C=O) groups is 2. The summed E-state index contributed by atoms with van der Waals surface area (Å²) in [6, 6.07) is 23.5. The number of nitrogens with one attached hydrogen (secondary N) is 2. The first kappa shape index (κ1) is 24.6. The Morgan fingerprint density at radius 1 is 0.806 bits per heavy atom. The number of carbonyl (C=O) groups excluding carboxylic acids is 2. The highest BCUT2D eigenvalue weighted by atomic mass is 16.2. The molecule has 4 rings (SSSR count). The Morgan fingerprint density at radius 2 is 1.33 bits per heavy atom. The standard InChI is InChI=1S/C29H29N5O2/c1-34-21-25(27(33-34)24-14-16-30-17-15-24)20-26(28(35)31-18-12-22-8-4-2-5-9-22)29(36)32-19-13-23-10-6-3-7-11-23/h2-11,14-17,20-21H,12-13,18-19H2,1H3,(H,31,35)(H,32,36). The van der Waals surface area contributed by atoms with Crippen LogP contribution in [0.25, 0.3) is 17.3 Å². The number of rotatable bonds is 10. The number of aryl methyl sites for hydroxylation is 1. The predicted octanol–water partition coefficient (Wildman–Crippen LogP) is 3.58. The molecule has 0 aliphatic heterocycles. The van der Waals surface area contributed by atoms with E-state index in [0.29, 0.717) is 37.2 Å². The molecular weight excluding hydrogens is 450 g/mol. The van der Waals surface area contributed by atoms with Crippen molar-refractivity contribution in [1.82, 2.24) is 25.4 Å². The molecule has 2 heterocycles. The van der Waals surface area contributed by atoms with Gasteiger partial charge in [-0.3, -0.25) is 19.3 Å². The molecule has 0 radical (unpaired) electrons. The Kier molecular flexibility index (Phi) is 8.38. The fourth-order valence-corrected chi connectivity index (χ4v) is 3.86. The van der Waals surface area contributed by atoms with Crippen molar-refractivity contribution in [2.75, 3.05) is 13.1 Å². The van der Waals surface area contributed by atoms with Crippen LogP contribution in [0.3, 0.4) is 0 Å². The molecule has 2 aromatic heterocycles. The summed E-state index contributed by atoms with van der Waals surface area (Å²) in [7, 11) is 1.81. The summed E-state index contributed by atoms with van der Waals surface area (Å²) >= 11 is 0. The van der Waals surface area contributed by atoms with E-state index in [1.165, 1.54) is 0 Å². The van der Waals surface area contributed by atoms with Gasteiger partial charge < -0.3 is 10.6 Å². The summed E-state index contributed by atoms with van der Waals surface area (Å²) in [6.45, 7) is 0.837. The molecule has 36 heavy (non-hydrogen) atoms. The van der Waals surface area contributed by atoms with Crippen molar-refractivity contribution in [1.29, 1.82) is 0 Å². The second kappa shape index (κ2) is 12.3. The summed E-state index contributed by atoms with van der Waals surface area (Å²) in [5, 5.41) is 10.3. The van der Waals surface area contributed by atoms with Gasteiger partial charge in [-0.25, -0.2) is 0 Å². The summed E-state index contributed by atoms with van der Waals surface area (Å²) in [4.78, 5) is 30.4. The Hall–Kier alpha value is -4.52. The van der Waals surface area contributed by atoms with Crippen LogP contribution in [-0.4, -0.2) is 39.7 Å². The molecule has 0 saturated carbocycles. The van der Waals surface area contributed by atoms with Gasteiger partial charge in [0.05, 0.1) is 5.69 Å². The van der Waals surface area contributed by atoms with Gasteiger partial charge in [-0.1, -0.05) is 60.7 Å². The van der Waals surface area contributed by atoms with Gasteiger partial charge in [0.1, 0.15) is 5.57 Å². The minimum atomic E-state index is -0.423. The summed E-state index contributed by atoms with van der Waals surface area (Å²) in [5.74, 6) is -0.847. The minimum Gasteiger partial charge on any atom is -0.352 e. The minimum absolute atomic E-state index is 0.0411. The van der Waals surface area contributed by atoms with Gasteiger partial charge in [-0.2, -0.15) is 5.10 Å². The maximum Gasteiger partial charge on any atom is 0.256 e. The molecule has 0 spiro atoms. The molecule has 2 N–H and O–H groups in total. The molecule has 0 aliphatic rings. The first-order chi connectivity index (χ1) is 17.6. The molecular formula is C29H29N5O2. The van der Waals surface area contributed by atoms with E-state index in [2.05, 4.69) is 20.7 Å². The predicted molar refractivity (Wildman–Crippen MR) is 141 cm³/mol. The van der Waals surface area contributed by atoms with Gasteiger partial charge in [-0.05, 0) is 42.2 Å². The van der Waals surface area contributed by atoms with E-state index < -0.39 is 11.8 Å². The average Bonchev–Trinajstić information content (AvgIpc) is 3.29. The summed E-state index contributed by atoms with van der Waals surface area (Å²) in [5.41, 5.74) is 4.47. The lowest BCUT2D eigenvalue weighted by atomic mass is 10.1. The third kappa shape index (κ3) is 6.76. The monoisotopic (exact) mass is 479 g/mol. The van der Waals surface area contributed by atoms with Crippen molar-refractivity contribution in [2.45, 2.75) is 12.8 Å². The number of benzene rings is 2. The molecule has 0 bridgehead atoms. The van der Waals surface area contributed by atoms with Crippen LogP contribution >= 0.6 is 0 Å². The first-order valence-corrected chi connectivity index (χ1v) is 11.9. The zero-order valence-corrected chi connectivity index (χ0v) is 20.2. The number of amides is 2. The second-order valence-corrected chi connectivity index (χ2v) is 8.38. The van der Waals surface area contributed by atoms with Crippen LogP contribution in [0.2, 0.25) is 0 Å². The SMILES string of the molecule is Cn1cc(C=C(C(=O)NCCc2ccccc2)C(=O)NCCc2ccccc2)c(-c2ccncc2)n1. The summed E-state index contributed by atoms with van der Waals surface area (Å²) in [6.07, 6.45) is 8.12. The van der Waals surface area contributed by atoms with Crippen LogP contribution in [0.1, 0.15) is 16.7 Å². The largest absolute Gasteiger partial charge is 0.352 e. The van der Waals surface area contributed by atoms with Crippen molar-refractivity contribution >= 4 is 17.9 Å². The van der Waals surface area contributed by atoms with Crippen molar-refractivity contribution < 1.29 is 9.59 Å². The number of aromatic nitrogens is 3. The van der Waals surface area contributed by atoms with Gasteiger partial charge >= 0.3 is 0 Å². The van der Waals surface area contributed by atoms with Crippen LogP contribution in [-0.2, 0) is 29.5 Å². The normalized spacial score (nSPS) is 10.5. The third-order valence-electron chi connectivity index (χ3n) is 5.68. The quantitative estimate of drug-likeness (QED) is 0.207. The van der Waals surface area contributed by atoms with E-state index in [-0.39, 0.29) is 5.57 Å². The van der Waals surface area contributed by atoms with Crippen molar-refractivity contribution in [3.8, 4) is 11.3 Å². The maximum atomic E-state index is 13.2. The van der Waals surface area contributed by atoms with Gasteiger partial charge in [0.15, 0.2) is 0 Å². The molecule has 182 valence electrons. The van der Waals surface area contributed by atoms with Crippen molar-refractivity contribution in [3.05, 3.63) is 114 Å². The van der Waals surface area contributed by atoms with E-state index in [9.17, 15) is 9.59 Å². The van der Waals surface area contributed by atoms with Crippen LogP contribution in [0.5, 0.6) is 0 Å². The zero-order chi connectivity index (χ0) is 25.2. The average molecular weight is 480 g/mol. The van der Waals surface area contributed by atoms with Crippen molar-refractivity contribution in [3.63, 3.8) is 0 Å². The molecule has 0 aliphatic carbocycles. The van der Waals surface area contributed by atoms with Gasteiger partial charge in [0, 0.05) is 49.9 Å². The molecule has 0 saturated heterocycles. The van der Waals surface area contributed by atoms with Crippen LogP contribution < -0.4 is 10.6 Å².